The van der Waals surface area contributed by atoms with Gasteiger partial charge in [0.2, 0.25) is 5.78 Å². The average Bonchev–Trinajstić information content (AvgIpc) is 3.24. The predicted molar refractivity (Wildman–Crippen MR) is 110 cm³/mol. The van der Waals surface area contributed by atoms with Crippen molar-refractivity contribution in [1.29, 1.82) is 5.26 Å². The molecule has 0 bridgehead atoms. The highest BCUT2D eigenvalue weighted by Crippen LogP contribution is 2.29. The van der Waals surface area contributed by atoms with Crippen LogP contribution in [-0.2, 0) is 0 Å². The molecule has 1 aliphatic rings. The number of piperazine rings is 1. The van der Waals surface area contributed by atoms with Crippen molar-refractivity contribution in [3.8, 4) is 11.8 Å². The number of ketones is 1. The standard InChI is InChI=1S/C23H21N3O4/c1-29-19-8-5-9-20-17(19)14-21(30-20)22(27)18(15-24)25-10-12-26(13-11-25)23(28)16-6-3-2-4-7-16/h2-9,14,18H,10-13H2,1H3. The lowest BCUT2D eigenvalue weighted by Crippen LogP contribution is -2.53. The van der Waals surface area contributed by atoms with Gasteiger partial charge in [-0.3, -0.25) is 14.5 Å². The Morgan fingerprint density at radius 3 is 2.47 bits per heavy atom. The number of ether oxygens (including phenoxy) is 1. The fourth-order valence-corrected chi connectivity index (χ4v) is 3.72. The number of carbonyl (C=O) groups excluding carboxylic acids is 2. The summed E-state index contributed by atoms with van der Waals surface area (Å²) in [6.45, 7) is 1.78. The smallest absolute Gasteiger partial charge is 0.253 e. The Labute approximate surface area is 174 Å². The summed E-state index contributed by atoms with van der Waals surface area (Å²) < 4.78 is 11.0. The Bertz CT molecular complexity index is 1110. The van der Waals surface area contributed by atoms with Crippen LogP contribution in [0.5, 0.6) is 5.75 Å². The Hall–Kier alpha value is -3.63. The van der Waals surface area contributed by atoms with Gasteiger partial charge in [0.05, 0.1) is 18.6 Å². The molecule has 0 spiro atoms. The molecular formula is C23H21N3O4. The highest BCUT2D eigenvalue weighted by molar-refractivity contribution is 6.03. The second kappa shape index (κ2) is 8.39. The molecule has 1 fully saturated rings. The molecular weight excluding hydrogens is 382 g/mol. The molecule has 152 valence electrons. The number of nitrogens with zero attached hydrogens (tertiary/aromatic N) is 3. The zero-order valence-electron chi connectivity index (χ0n) is 16.6. The van der Waals surface area contributed by atoms with Crippen LogP contribution in [0.15, 0.2) is 59.0 Å². The number of nitriles is 1. The van der Waals surface area contributed by atoms with Gasteiger partial charge >= 0.3 is 0 Å². The van der Waals surface area contributed by atoms with Crippen LogP contribution in [0.1, 0.15) is 20.9 Å². The molecule has 4 rings (SSSR count). The number of hydrogen-bond acceptors (Lipinski definition) is 6. The van der Waals surface area contributed by atoms with Gasteiger partial charge < -0.3 is 14.1 Å². The second-order valence-electron chi connectivity index (χ2n) is 7.07. The van der Waals surface area contributed by atoms with Crippen LogP contribution in [0.2, 0.25) is 0 Å². The van der Waals surface area contributed by atoms with E-state index in [0.29, 0.717) is 48.5 Å². The van der Waals surface area contributed by atoms with Gasteiger partial charge in [-0.15, -0.1) is 0 Å². The first-order valence-electron chi connectivity index (χ1n) is 9.71. The fraction of sp³-hybridized carbons (Fsp3) is 0.261. The topological polar surface area (TPSA) is 86.8 Å². The van der Waals surface area contributed by atoms with Crippen molar-refractivity contribution in [3.05, 3.63) is 65.9 Å². The van der Waals surface area contributed by atoms with E-state index in [0.717, 1.165) is 0 Å². The van der Waals surface area contributed by atoms with E-state index in [9.17, 15) is 14.9 Å². The van der Waals surface area contributed by atoms with Crippen LogP contribution in [0.25, 0.3) is 11.0 Å². The van der Waals surface area contributed by atoms with Gasteiger partial charge in [-0.05, 0) is 30.3 Å². The van der Waals surface area contributed by atoms with E-state index in [1.165, 1.54) is 0 Å². The summed E-state index contributed by atoms with van der Waals surface area (Å²) in [6.07, 6.45) is 0. The Kier molecular flexibility index (Phi) is 5.50. The third-order valence-electron chi connectivity index (χ3n) is 5.34. The van der Waals surface area contributed by atoms with E-state index in [1.807, 2.05) is 18.2 Å². The lowest BCUT2D eigenvalue weighted by Gasteiger charge is -2.36. The quantitative estimate of drug-likeness (QED) is 0.609. The average molecular weight is 403 g/mol. The largest absolute Gasteiger partial charge is 0.496 e. The minimum Gasteiger partial charge on any atom is -0.496 e. The summed E-state index contributed by atoms with van der Waals surface area (Å²) in [7, 11) is 1.55. The molecule has 1 aliphatic heterocycles. The summed E-state index contributed by atoms with van der Waals surface area (Å²) in [5, 5.41) is 10.4. The van der Waals surface area contributed by atoms with Crippen LogP contribution >= 0.6 is 0 Å². The minimum atomic E-state index is -0.967. The molecule has 1 saturated heterocycles. The lowest BCUT2D eigenvalue weighted by atomic mass is 10.1. The first-order chi connectivity index (χ1) is 14.6. The molecule has 2 aromatic carbocycles. The molecule has 0 N–H and O–H groups in total. The molecule has 0 radical (unpaired) electrons. The Balaban J connectivity index is 1.47. The zero-order valence-corrected chi connectivity index (χ0v) is 16.6. The number of hydrogen-bond donors (Lipinski definition) is 0. The summed E-state index contributed by atoms with van der Waals surface area (Å²) in [5.41, 5.74) is 1.17. The van der Waals surface area contributed by atoms with Crippen molar-refractivity contribution in [1.82, 2.24) is 9.80 Å². The van der Waals surface area contributed by atoms with Gasteiger partial charge in [0.1, 0.15) is 11.3 Å². The van der Waals surface area contributed by atoms with E-state index in [-0.39, 0.29) is 11.7 Å². The zero-order chi connectivity index (χ0) is 21.1. The summed E-state index contributed by atoms with van der Waals surface area (Å²) >= 11 is 0. The number of fused-ring (bicyclic) bond motifs is 1. The highest BCUT2D eigenvalue weighted by atomic mass is 16.5. The molecule has 7 nitrogen and oxygen atoms in total. The molecule has 7 heteroatoms. The molecule has 0 aliphatic carbocycles. The summed E-state index contributed by atoms with van der Waals surface area (Å²) in [6, 6.07) is 17.2. The summed E-state index contributed by atoms with van der Waals surface area (Å²) in [4.78, 5) is 29.2. The van der Waals surface area contributed by atoms with Crippen LogP contribution in [-0.4, -0.2) is 60.8 Å². The van der Waals surface area contributed by atoms with Gasteiger partial charge in [-0.2, -0.15) is 5.26 Å². The number of amides is 1. The Morgan fingerprint density at radius 2 is 1.80 bits per heavy atom. The molecule has 2 heterocycles. The predicted octanol–water partition coefficient (Wildman–Crippen LogP) is 2.97. The summed E-state index contributed by atoms with van der Waals surface area (Å²) in [5.74, 6) is 0.304. The third kappa shape index (κ3) is 3.65. The molecule has 0 saturated carbocycles. The highest BCUT2D eigenvalue weighted by Gasteiger charge is 2.33. The third-order valence-corrected chi connectivity index (χ3v) is 5.34. The van der Waals surface area contributed by atoms with Crippen LogP contribution in [0.3, 0.4) is 0 Å². The maximum atomic E-state index is 13.0. The molecule has 1 unspecified atom stereocenters. The second-order valence-corrected chi connectivity index (χ2v) is 7.07. The van der Waals surface area contributed by atoms with E-state index in [2.05, 4.69) is 6.07 Å². The van der Waals surface area contributed by atoms with Crippen LogP contribution in [0, 0.1) is 11.3 Å². The maximum Gasteiger partial charge on any atom is 0.253 e. The van der Waals surface area contributed by atoms with Crippen molar-refractivity contribution in [2.45, 2.75) is 6.04 Å². The molecule has 3 aromatic rings. The monoisotopic (exact) mass is 403 g/mol. The first kappa shape index (κ1) is 19.7. The minimum absolute atomic E-state index is 0.0422. The van der Waals surface area contributed by atoms with Crippen molar-refractivity contribution >= 4 is 22.7 Å². The Morgan fingerprint density at radius 1 is 1.07 bits per heavy atom. The number of rotatable bonds is 5. The van der Waals surface area contributed by atoms with Gasteiger partial charge in [0, 0.05) is 31.7 Å². The van der Waals surface area contributed by atoms with Gasteiger partial charge in [-0.25, -0.2) is 0 Å². The molecule has 1 aromatic heterocycles. The first-order valence-corrected chi connectivity index (χ1v) is 9.71. The SMILES string of the molecule is COc1cccc2oc(C(=O)C(C#N)N3CCN(C(=O)c4ccccc4)CC3)cc12. The van der Waals surface area contributed by atoms with Crippen LogP contribution in [0.4, 0.5) is 0 Å². The van der Waals surface area contributed by atoms with Crippen molar-refractivity contribution < 1.29 is 18.7 Å². The fourth-order valence-electron chi connectivity index (χ4n) is 3.72. The number of methoxy groups -OCH3 is 1. The van der Waals surface area contributed by atoms with E-state index >= 15 is 0 Å². The molecule has 1 atom stereocenters. The van der Waals surface area contributed by atoms with E-state index < -0.39 is 11.8 Å². The molecule has 1 amide bonds. The van der Waals surface area contributed by atoms with Gasteiger partial charge in [-0.1, -0.05) is 24.3 Å². The van der Waals surface area contributed by atoms with E-state index in [4.69, 9.17) is 9.15 Å². The van der Waals surface area contributed by atoms with Crippen molar-refractivity contribution in [3.63, 3.8) is 0 Å². The number of Topliss-reactive ketones (excluding diaryl/α,β-unsaturated/α-hetero) is 1. The molecule has 30 heavy (non-hydrogen) atoms. The number of furan rings is 1. The van der Waals surface area contributed by atoms with Crippen molar-refractivity contribution in [2.75, 3.05) is 33.3 Å². The van der Waals surface area contributed by atoms with Crippen LogP contribution < -0.4 is 4.74 Å². The normalized spacial score (nSPS) is 15.5. The number of carbonyl (C=O) groups is 2. The van der Waals surface area contributed by atoms with E-state index in [1.54, 1.807) is 53.3 Å². The number of benzene rings is 2. The maximum absolute atomic E-state index is 13.0. The van der Waals surface area contributed by atoms with Crippen molar-refractivity contribution in [2.24, 2.45) is 0 Å². The lowest BCUT2D eigenvalue weighted by molar-refractivity contribution is 0.0576. The van der Waals surface area contributed by atoms with Gasteiger partial charge in [0.25, 0.3) is 5.91 Å². The van der Waals surface area contributed by atoms with Gasteiger partial charge in [0.15, 0.2) is 11.8 Å².